The lowest BCUT2D eigenvalue weighted by Crippen LogP contribution is -2.48. The number of aliphatic hydroxyl groups is 1. The number of nitrogens with two attached hydrogens (primary N) is 1. The van der Waals surface area contributed by atoms with Crippen molar-refractivity contribution < 1.29 is 14.6 Å². The third kappa shape index (κ3) is 6.06. The quantitative estimate of drug-likeness (QED) is 0.583. The van der Waals surface area contributed by atoms with Gasteiger partial charge in [-0.3, -0.25) is 4.90 Å². The number of hydrogen-bond donors (Lipinski definition) is 2. The monoisotopic (exact) mass is 288 g/mol. The van der Waals surface area contributed by atoms with Crippen molar-refractivity contribution in [1.82, 2.24) is 4.90 Å². The Morgan fingerprint density at radius 1 is 1.30 bits per heavy atom. The highest BCUT2D eigenvalue weighted by Crippen LogP contribution is 2.27. The molecule has 3 N–H and O–H groups in total. The van der Waals surface area contributed by atoms with Crippen LogP contribution in [0, 0.1) is 5.92 Å². The molecule has 0 amide bonds. The molecule has 0 aromatic carbocycles. The number of likely N-dealkylation sites (N-methyl/N-ethyl adjacent to an activating group) is 1. The molecule has 5 nitrogen and oxygen atoms in total. The van der Waals surface area contributed by atoms with Crippen molar-refractivity contribution in [2.75, 3.05) is 46.6 Å². The summed E-state index contributed by atoms with van der Waals surface area (Å²) in [7, 11) is 1.65. The van der Waals surface area contributed by atoms with E-state index in [-0.39, 0.29) is 0 Å². The van der Waals surface area contributed by atoms with Gasteiger partial charge in [-0.15, -0.1) is 0 Å². The highest BCUT2D eigenvalue weighted by Gasteiger charge is 2.29. The Balaban J connectivity index is 2.36. The maximum atomic E-state index is 10.1. The number of rotatable bonds is 10. The second kappa shape index (κ2) is 10.5. The van der Waals surface area contributed by atoms with Crippen molar-refractivity contribution in [3.8, 4) is 0 Å². The minimum absolute atomic E-state index is 0.375. The van der Waals surface area contributed by atoms with Gasteiger partial charge in [-0.25, -0.2) is 0 Å². The summed E-state index contributed by atoms with van der Waals surface area (Å²) in [5.74, 6) is 0.574. The zero-order valence-corrected chi connectivity index (χ0v) is 13.1. The molecule has 120 valence electrons. The van der Waals surface area contributed by atoms with Crippen LogP contribution in [0.25, 0.3) is 0 Å². The van der Waals surface area contributed by atoms with Gasteiger partial charge in [0.25, 0.3) is 0 Å². The van der Waals surface area contributed by atoms with Crippen molar-refractivity contribution in [2.45, 2.75) is 44.8 Å². The van der Waals surface area contributed by atoms with E-state index in [0.717, 1.165) is 13.1 Å². The van der Waals surface area contributed by atoms with Crippen LogP contribution in [-0.2, 0) is 9.47 Å². The van der Waals surface area contributed by atoms with Gasteiger partial charge >= 0.3 is 0 Å². The van der Waals surface area contributed by atoms with Gasteiger partial charge in [-0.1, -0.05) is 19.8 Å². The highest BCUT2D eigenvalue weighted by atomic mass is 16.5. The second-order valence-electron chi connectivity index (χ2n) is 5.66. The molecule has 0 aromatic rings. The summed E-state index contributed by atoms with van der Waals surface area (Å²) in [6.07, 6.45) is 4.55. The topological polar surface area (TPSA) is 68.0 Å². The zero-order valence-electron chi connectivity index (χ0n) is 13.1. The van der Waals surface area contributed by atoms with Crippen LogP contribution in [0.3, 0.4) is 0 Å². The predicted octanol–water partition coefficient (Wildman–Crippen LogP) is 0.850. The second-order valence-corrected chi connectivity index (χ2v) is 5.66. The molecular weight excluding hydrogens is 256 g/mol. The van der Waals surface area contributed by atoms with Gasteiger partial charge in [0.2, 0.25) is 0 Å². The Morgan fingerprint density at radius 2 is 2.05 bits per heavy atom. The van der Waals surface area contributed by atoms with E-state index in [1.807, 2.05) is 0 Å². The standard InChI is InChI=1S/C15H32N2O3/c1-3-17(11-14(18)12-20-9-8-19-2)15-7-5-4-6-13(15)10-16/h13-15,18H,3-12,16H2,1-2H3. The number of ether oxygens (including phenoxy) is 2. The van der Waals surface area contributed by atoms with Crippen LogP contribution in [-0.4, -0.2) is 68.7 Å². The summed E-state index contributed by atoms with van der Waals surface area (Å²) in [6, 6.07) is 0.521. The molecule has 0 spiro atoms. The Kier molecular flexibility index (Phi) is 9.39. The fourth-order valence-electron chi connectivity index (χ4n) is 3.13. The average Bonchev–Trinajstić information content (AvgIpc) is 2.49. The smallest absolute Gasteiger partial charge is 0.0900 e. The van der Waals surface area contributed by atoms with E-state index >= 15 is 0 Å². The number of hydrogen-bond acceptors (Lipinski definition) is 5. The normalized spacial score (nSPS) is 25.1. The van der Waals surface area contributed by atoms with Crippen LogP contribution < -0.4 is 5.73 Å². The lowest BCUT2D eigenvalue weighted by Gasteiger charge is -2.40. The van der Waals surface area contributed by atoms with Gasteiger partial charge < -0.3 is 20.3 Å². The van der Waals surface area contributed by atoms with Gasteiger partial charge in [-0.05, 0) is 31.8 Å². The molecule has 1 saturated carbocycles. The highest BCUT2D eigenvalue weighted by molar-refractivity contribution is 4.84. The first-order valence-electron chi connectivity index (χ1n) is 7.91. The molecule has 0 saturated heterocycles. The first kappa shape index (κ1) is 17.9. The van der Waals surface area contributed by atoms with Crippen molar-refractivity contribution in [2.24, 2.45) is 11.7 Å². The third-order valence-corrected chi connectivity index (χ3v) is 4.23. The maximum Gasteiger partial charge on any atom is 0.0900 e. The van der Waals surface area contributed by atoms with Crippen LogP contribution in [0.4, 0.5) is 0 Å². The number of methoxy groups -OCH3 is 1. The van der Waals surface area contributed by atoms with E-state index in [1.165, 1.54) is 25.7 Å². The fraction of sp³-hybridized carbons (Fsp3) is 1.00. The summed E-state index contributed by atoms with van der Waals surface area (Å²) in [6.45, 7) is 6.01. The van der Waals surface area contributed by atoms with Gasteiger partial charge in [0, 0.05) is 19.7 Å². The lowest BCUT2D eigenvalue weighted by molar-refractivity contribution is -0.0134. The summed E-state index contributed by atoms with van der Waals surface area (Å²) < 4.78 is 10.3. The summed E-state index contributed by atoms with van der Waals surface area (Å²) in [5.41, 5.74) is 5.90. The molecule has 0 aliphatic heterocycles. The summed E-state index contributed by atoms with van der Waals surface area (Å²) >= 11 is 0. The fourth-order valence-corrected chi connectivity index (χ4v) is 3.13. The van der Waals surface area contributed by atoms with Gasteiger partial charge in [0.15, 0.2) is 0 Å². The largest absolute Gasteiger partial charge is 0.389 e. The lowest BCUT2D eigenvalue weighted by atomic mass is 9.83. The average molecular weight is 288 g/mol. The van der Waals surface area contributed by atoms with Crippen molar-refractivity contribution >= 4 is 0 Å². The van der Waals surface area contributed by atoms with Crippen LogP contribution >= 0.6 is 0 Å². The van der Waals surface area contributed by atoms with Crippen molar-refractivity contribution in [3.05, 3.63) is 0 Å². The number of nitrogens with zero attached hydrogens (tertiary/aromatic N) is 1. The molecular formula is C15H32N2O3. The number of aliphatic hydroxyl groups excluding tert-OH is 1. The van der Waals surface area contributed by atoms with Crippen LogP contribution in [0.1, 0.15) is 32.6 Å². The van der Waals surface area contributed by atoms with Gasteiger partial charge in [0.05, 0.1) is 25.9 Å². The van der Waals surface area contributed by atoms with Crippen molar-refractivity contribution in [3.63, 3.8) is 0 Å². The molecule has 1 rings (SSSR count). The summed E-state index contributed by atoms with van der Waals surface area (Å²) in [5, 5.41) is 10.1. The SMILES string of the molecule is CCN(CC(O)COCCOC)C1CCCCC1CN. The Bertz CT molecular complexity index is 241. The maximum absolute atomic E-state index is 10.1. The van der Waals surface area contributed by atoms with E-state index in [4.69, 9.17) is 15.2 Å². The third-order valence-electron chi connectivity index (χ3n) is 4.23. The zero-order chi connectivity index (χ0) is 14.8. The molecule has 3 unspecified atom stereocenters. The molecule has 0 aromatic heterocycles. The molecule has 5 heteroatoms. The molecule has 3 atom stereocenters. The van der Waals surface area contributed by atoms with Crippen molar-refractivity contribution in [1.29, 1.82) is 0 Å². The van der Waals surface area contributed by atoms with E-state index in [2.05, 4.69) is 11.8 Å². The molecule has 1 aliphatic carbocycles. The first-order chi connectivity index (χ1) is 9.72. The van der Waals surface area contributed by atoms with Crippen LogP contribution in [0.5, 0.6) is 0 Å². The molecule has 0 radical (unpaired) electrons. The van der Waals surface area contributed by atoms with Gasteiger partial charge in [-0.2, -0.15) is 0 Å². The molecule has 0 heterocycles. The van der Waals surface area contributed by atoms with E-state index in [9.17, 15) is 5.11 Å². The molecule has 20 heavy (non-hydrogen) atoms. The molecule has 1 aliphatic rings. The molecule has 1 fully saturated rings. The molecule has 0 bridgehead atoms. The van der Waals surface area contributed by atoms with Crippen LogP contribution in [0.2, 0.25) is 0 Å². The van der Waals surface area contributed by atoms with E-state index in [0.29, 0.717) is 38.3 Å². The Morgan fingerprint density at radius 3 is 2.70 bits per heavy atom. The first-order valence-corrected chi connectivity index (χ1v) is 7.91. The predicted molar refractivity (Wildman–Crippen MR) is 80.7 cm³/mol. The Hall–Kier alpha value is -0.200. The minimum atomic E-state index is -0.438. The van der Waals surface area contributed by atoms with Crippen LogP contribution in [0.15, 0.2) is 0 Å². The minimum Gasteiger partial charge on any atom is -0.389 e. The van der Waals surface area contributed by atoms with Gasteiger partial charge in [0.1, 0.15) is 0 Å². The summed E-state index contributed by atoms with van der Waals surface area (Å²) in [4.78, 5) is 2.38. The van der Waals surface area contributed by atoms with E-state index < -0.39 is 6.10 Å². The van der Waals surface area contributed by atoms with E-state index in [1.54, 1.807) is 7.11 Å². The Labute approximate surface area is 123 Å².